The molecule has 1 aromatic rings. The van der Waals surface area contributed by atoms with E-state index in [-0.39, 0.29) is 23.3 Å². The first-order valence-electron chi connectivity index (χ1n) is 6.76. The predicted octanol–water partition coefficient (Wildman–Crippen LogP) is 1.54. The third kappa shape index (κ3) is 4.37. The quantitative estimate of drug-likeness (QED) is 0.721. The number of phenolic OH excluding ortho intramolecular Hbond substituents is 1. The Kier molecular flexibility index (Phi) is 5.64. The van der Waals surface area contributed by atoms with Crippen LogP contribution in [0.15, 0.2) is 18.2 Å². The lowest BCUT2D eigenvalue weighted by Gasteiger charge is -2.22. The molecule has 0 radical (unpaired) electrons. The Bertz CT molecular complexity index is 462. The molecular formula is C14H19ClN2O3. The molecule has 0 atom stereocenters. The monoisotopic (exact) mass is 298 g/mol. The molecule has 0 spiro atoms. The van der Waals surface area contributed by atoms with Gasteiger partial charge in [-0.05, 0) is 44.1 Å². The van der Waals surface area contributed by atoms with E-state index in [0.29, 0.717) is 18.2 Å². The molecule has 1 aliphatic heterocycles. The first kappa shape index (κ1) is 15.1. The van der Waals surface area contributed by atoms with Gasteiger partial charge in [-0.25, -0.2) is 0 Å². The molecule has 1 fully saturated rings. The Morgan fingerprint density at radius 2 is 2.20 bits per heavy atom. The van der Waals surface area contributed by atoms with E-state index in [1.165, 1.54) is 18.2 Å². The van der Waals surface area contributed by atoms with E-state index in [1.807, 2.05) is 0 Å². The number of piperidine rings is 1. The molecule has 2 rings (SSSR count). The molecule has 6 heteroatoms. The van der Waals surface area contributed by atoms with Crippen LogP contribution in [0.5, 0.6) is 5.75 Å². The van der Waals surface area contributed by atoms with Gasteiger partial charge in [0.1, 0.15) is 5.75 Å². The third-order valence-corrected chi connectivity index (χ3v) is 3.47. The van der Waals surface area contributed by atoms with Gasteiger partial charge in [0.25, 0.3) is 5.91 Å². The second-order valence-corrected chi connectivity index (χ2v) is 5.17. The minimum atomic E-state index is -0.348. The van der Waals surface area contributed by atoms with Gasteiger partial charge in [-0.1, -0.05) is 11.6 Å². The Balaban J connectivity index is 1.73. The van der Waals surface area contributed by atoms with Crippen LogP contribution in [0.4, 0.5) is 0 Å². The lowest BCUT2D eigenvalue weighted by molar-refractivity contribution is 0.0343. The van der Waals surface area contributed by atoms with Crippen molar-refractivity contribution >= 4 is 17.5 Å². The minimum Gasteiger partial charge on any atom is -0.507 e. The number of nitrogens with one attached hydrogen (secondary N) is 2. The first-order valence-corrected chi connectivity index (χ1v) is 7.13. The van der Waals surface area contributed by atoms with Crippen LogP contribution in [0.2, 0.25) is 5.02 Å². The lowest BCUT2D eigenvalue weighted by atomic mass is 10.1. The lowest BCUT2D eigenvalue weighted by Crippen LogP contribution is -2.34. The van der Waals surface area contributed by atoms with Crippen LogP contribution in [0.1, 0.15) is 23.2 Å². The summed E-state index contributed by atoms with van der Waals surface area (Å²) in [4.78, 5) is 11.9. The van der Waals surface area contributed by atoms with Crippen molar-refractivity contribution in [1.29, 1.82) is 0 Å². The molecule has 110 valence electrons. The molecule has 1 aromatic carbocycles. The number of hydrogen-bond donors (Lipinski definition) is 3. The van der Waals surface area contributed by atoms with Crippen LogP contribution in [0.25, 0.3) is 0 Å². The Hall–Kier alpha value is -1.30. The van der Waals surface area contributed by atoms with Crippen LogP contribution in [0.3, 0.4) is 0 Å². The average Bonchev–Trinajstić information content (AvgIpc) is 2.47. The molecule has 1 aliphatic rings. The molecule has 5 nitrogen and oxygen atoms in total. The molecular weight excluding hydrogens is 280 g/mol. The van der Waals surface area contributed by atoms with Crippen LogP contribution in [-0.2, 0) is 4.74 Å². The van der Waals surface area contributed by atoms with Gasteiger partial charge in [-0.15, -0.1) is 0 Å². The van der Waals surface area contributed by atoms with Gasteiger partial charge >= 0.3 is 0 Å². The van der Waals surface area contributed by atoms with Gasteiger partial charge < -0.3 is 20.5 Å². The van der Waals surface area contributed by atoms with Crippen molar-refractivity contribution in [3.63, 3.8) is 0 Å². The summed E-state index contributed by atoms with van der Waals surface area (Å²) in [6, 6.07) is 4.39. The van der Waals surface area contributed by atoms with E-state index < -0.39 is 0 Å². The van der Waals surface area contributed by atoms with Gasteiger partial charge in [-0.2, -0.15) is 0 Å². The number of aromatic hydroxyl groups is 1. The number of carbonyl (C=O) groups excluding carboxylic acids is 1. The Morgan fingerprint density at radius 3 is 2.95 bits per heavy atom. The van der Waals surface area contributed by atoms with Crippen molar-refractivity contribution in [3.05, 3.63) is 28.8 Å². The standard InChI is InChI=1S/C14H19ClN2O3/c15-10-1-2-13(18)12(9-10)14(19)17-7-8-20-11-3-5-16-6-4-11/h1-2,9,11,16,18H,3-8H2,(H,17,19). The number of rotatable bonds is 5. The first-order chi connectivity index (χ1) is 9.66. The van der Waals surface area contributed by atoms with E-state index in [4.69, 9.17) is 16.3 Å². The third-order valence-electron chi connectivity index (χ3n) is 3.23. The number of halogens is 1. The fourth-order valence-electron chi connectivity index (χ4n) is 2.14. The van der Waals surface area contributed by atoms with E-state index >= 15 is 0 Å². The predicted molar refractivity (Wildman–Crippen MR) is 77.3 cm³/mol. The minimum absolute atomic E-state index is 0.0776. The highest BCUT2D eigenvalue weighted by atomic mass is 35.5. The summed E-state index contributed by atoms with van der Waals surface area (Å²) in [7, 11) is 0. The van der Waals surface area contributed by atoms with Crippen molar-refractivity contribution in [2.24, 2.45) is 0 Å². The molecule has 20 heavy (non-hydrogen) atoms. The Labute approximate surface area is 123 Å². The average molecular weight is 299 g/mol. The molecule has 0 aliphatic carbocycles. The maximum atomic E-state index is 11.9. The molecule has 1 saturated heterocycles. The fraction of sp³-hybridized carbons (Fsp3) is 0.500. The molecule has 0 bridgehead atoms. The Morgan fingerprint density at radius 1 is 1.45 bits per heavy atom. The second-order valence-electron chi connectivity index (χ2n) is 4.74. The number of phenols is 1. The molecule has 1 heterocycles. The molecule has 0 unspecified atom stereocenters. The summed E-state index contributed by atoms with van der Waals surface area (Å²) in [5.41, 5.74) is 0.180. The zero-order chi connectivity index (χ0) is 14.4. The maximum absolute atomic E-state index is 11.9. The SMILES string of the molecule is O=C(NCCOC1CCNCC1)c1cc(Cl)ccc1O. The largest absolute Gasteiger partial charge is 0.507 e. The van der Waals surface area contributed by atoms with Gasteiger partial charge in [0, 0.05) is 11.6 Å². The molecule has 0 aromatic heterocycles. The summed E-state index contributed by atoms with van der Waals surface area (Å²) in [5.74, 6) is -0.426. The van der Waals surface area contributed by atoms with Gasteiger partial charge in [0.15, 0.2) is 0 Å². The van der Waals surface area contributed by atoms with Crippen LogP contribution in [0, 0.1) is 0 Å². The molecule has 0 saturated carbocycles. The van der Waals surface area contributed by atoms with Crippen molar-refractivity contribution in [3.8, 4) is 5.75 Å². The normalized spacial score (nSPS) is 16.1. The summed E-state index contributed by atoms with van der Waals surface area (Å²) in [6.45, 7) is 2.84. The van der Waals surface area contributed by atoms with Gasteiger partial charge in [0.05, 0.1) is 18.3 Å². The number of hydrogen-bond acceptors (Lipinski definition) is 4. The maximum Gasteiger partial charge on any atom is 0.255 e. The van der Waals surface area contributed by atoms with E-state index in [0.717, 1.165) is 25.9 Å². The number of carbonyl (C=O) groups is 1. The second kappa shape index (κ2) is 7.47. The zero-order valence-corrected chi connectivity index (χ0v) is 11.9. The van der Waals surface area contributed by atoms with Crippen molar-refractivity contribution in [2.45, 2.75) is 18.9 Å². The van der Waals surface area contributed by atoms with Crippen molar-refractivity contribution < 1.29 is 14.6 Å². The smallest absolute Gasteiger partial charge is 0.255 e. The van der Waals surface area contributed by atoms with E-state index in [9.17, 15) is 9.90 Å². The van der Waals surface area contributed by atoms with E-state index in [1.54, 1.807) is 0 Å². The summed E-state index contributed by atoms with van der Waals surface area (Å²) in [6.07, 6.45) is 2.28. The highest BCUT2D eigenvalue weighted by molar-refractivity contribution is 6.31. The van der Waals surface area contributed by atoms with Crippen molar-refractivity contribution in [2.75, 3.05) is 26.2 Å². The highest BCUT2D eigenvalue weighted by Gasteiger charge is 2.14. The summed E-state index contributed by atoms with van der Waals surface area (Å²) >= 11 is 5.80. The molecule has 1 amide bonds. The number of amides is 1. The summed E-state index contributed by atoms with van der Waals surface area (Å²) < 4.78 is 5.68. The summed E-state index contributed by atoms with van der Waals surface area (Å²) in [5, 5.41) is 16.0. The fourth-order valence-corrected chi connectivity index (χ4v) is 2.31. The van der Waals surface area contributed by atoms with Gasteiger partial charge in [0.2, 0.25) is 0 Å². The van der Waals surface area contributed by atoms with E-state index in [2.05, 4.69) is 10.6 Å². The van der Waals surface area contributed by atoms with Gasteiger partial charge in [-0.3, -0.25) is 4.79 Å². The van der Waals surface area contributed by atoms with Crippen molar-refractivity contribution in [1.82, 2.24) is 10.6 Å². The van der Waals surface area contributed by atoms with Crippen LogP contribution >= 0.6 is 11.6 Å². The highest BCUT2D eigenvalue weighted by Crippen LogP contribution is 2.21. The number of benzene rings is 1. The van der Waals surface area contributed by atoms with Crippen LogP contribution in [-0.4, -0.2) is 43.4 Å². The van der Waals surface area contributed by atoms with Crippen LogP contribution < -0.4 is 10.6 Å². The zero-order valence-electron chi connectivity index (χ0n) is 11.2. The number of ether oxygens (including phenoxy) is 1. The topological polar surface area (TPSA) is 70.6 Å². The molecule has 3 N–H and O–H groups in total.